The molecule has 1 aromatic carbocycles. The van der Waals surface area contributed by atoms with Crippen LogP contribution in [0.25, 0.3) is 6.08 Å². The lowest BCUT2D eigenvalue weighted by Gasteiger charge is -2.32. The van der Waals surface area contributed by atoms with E-state index in [1.54, 1.807) is 7.11 Å². The van der Waals surface area contributed by atoms with E-state index in [2.05, 4.69) is 11.8 Å². The molecule has 2 unspecified atom stereocenters. The van der Waals surface area contributed by atoms with Gasteiger partial charge in [-0.05, 0) is 49.9 Å². The molecular formula is C19H29NO3. The first kappa shape index (κ1) is 17.8. The number of aliphatic hydroxyl groups is 1. The number of benzene rings is 1. The molecule has 0 radical (unpaired) electrons. The van der Waals surface area contributed by atoms with Gasteiger partial charge in [-0.15, -0.1) is 0 Å². The molecule has 1 aromatic rings. The number of likely N-dealkylation sites (tertiary alicyclic amines) is 1. The third-order valence-corrected chi connectivity index (χ3v) is 4.19. The zero-order valence-electron chi connectivity index (χ0n) is 14.5. The Morgan fingerprint density at radius 1 is 1.39 bits per heavy atom. The zero-order valence-corrected chi connectivity index (χ0v) is 14.5. The third kappa shape index (κ3) is 5.56. The smallest absolute Gasteiger partial charge is 0.161 e. The Morgan fingerprint density at radius 2 is 2.22 bits per heavy atom. The summed E-state index contributed by atoms with van der Waals surface area (Å²) in [4.78, 5) is 2.33. The lowest BCUT2D eigenvalue weighted by molar-refractivity contribution is 0.0530. The number of allylic oxidation sites excluding steroid dienone is 1. The maximum Gasteiger partial charge on any atom is 0.161 e. The Balaban J connectivity index is 1.87. The van der Waals surface area contributed by atoms with E-state index in [4.69, 9.17) is 9.47 Å². The molecule has 1 N–H and O–H groups in total. The monoisotopic (exact) mass is 319 g/mol. The average molecular weight is 319 g/mol. The van der Waals surface area contributed by atoms with Gasteiger partial charge in [-0.25, -0.2) is 0 Å². The van der Waals surface area contributed by atoms with Gasteiger partial charge in [-0.1, -0.05) is 25.1 Å². The molecule has 1 aliphatic heterocycles. The van der Waals surface area contributed by atoms with Crippen molar-refractivity contribution in [3.63, 3.8) is 0 Å². The highest BCUT2D eigenvalue weighted by Gasteiger charge is 2.19. The van der Waals surface area contributed by atoms with Crippen LogP contribution in [0, 0.1) is 5.92 Å². The van der Waals surface area contributed by atoms with Crippen molar-refractivity contribution in [2.45, 2.75) is 32.8 Å². The number of β-amino-alcohol motifs (C(OH)–C–C–N with tert-alkyl or cyclic N) is 1. The molecule has 2 rings (SSSR count). The second-order valence-electron chi connectivity index (χ2n) is 6.38. The number of hydrogen-bond acceptors (Lipinski definition) is 4. The van der Waals surface area contributed by atoms with Crippen molar-refractivity contribution in [3.05, 3.63) is 29.8 Å². The molecule has 1 heterocycles. The summed E-state index contributed by atoms with van der Waals surface area (Å²) in [6.07, 6.45) is 6.02. The summed E-state index contributed by atoms with van der Waals surface area (Å²) >= 11 is 0. The number of aliphatic hydroxyl groups excluding tert-OH is 1. The highest BCUT2D eigenvalue weighted by Crippen LogP contribution is 2.28. The van der Waals surface area contributed by atoms with Gasteiger partial charge in [-0.3, -0.25) is 0 Å². The van der Waals surface area contributed by atoms with Crippen LogP contribution in [-0.4, -0.2) is 49.5 Å². The van der Waals surface area contributed by atoms with E-state index in [1.807, 2.05) is 37.3 Å². The summed E-state index contributed by atoms with van der Waals surface area (Å²) in [6, 6.07) is 5.81. The molecule has 4 heteroatoms. The highest BCUT2D eigenvalue weighted by molar-refractivity contribution is 5.55. The Bertz CT molecular complexity index is 515. The predicted molar refractivity (Wildman–Crippen MR) is 94.0 cm³/mol. The number of methoxy groups -OCH3 is 1. The summed E-state index contributed by atoms with van der Waals surface area (Å²) in [5, 5.41) is 10.2. The van der Waals surface area contributed by atoms with Crippen molar-refractivity contribution in [1.29, 1.82) is 0 Å². The van der Waals surface area contributed by atoms with Gasteiger partial charge in [0.05, 0.1) is 7.11 Å². The highest BCUT2D eigenvalue weighted by atomic mass is 16.5. The molecule has 4 nitrogen and oxygen atoms in total. The second-order valence-corrected chi connectivity index (χ2v) is 6.38. The van der Waals surface area contributed by atoms with E-state index in [0.717, 1.165) is 24.6 Å². The molecule has 1 fully saturated rings. The standard InChI is InChI=1S/C19H29NO3/c1-4-6-16-8-9-18(19(11-16)22-3)23-14-17(21)13-20-10-5-7-15(2)12-20/h4,6,8-9,11,15,17,21H,5,7,10,12-14H2,1-3H3. The Hall–Kier alpha value is -1.52. The van der Waals surface area contributed by atoms with Crippen LogP contribution in [0.2, 0.25) is 0 Å². The van der Waals surface area contributed by atoms with Crippen LogP contribution in [0.3, 0.4) is 0 Å². The van der Waals surface area contributed by atoms with Gasteiger partial charge in [0.15, 0.2) is 11.5 Å². The summed E-state index contributed by atoms with van der Waals surface area (Å²) in [7, 11) is 1.63. The molecule has 23 heavy (non-hydrogen) atoms. The van der Waals surface area contributed by atoms with Gasteiger partial charge in [0.2, 0.25) is 0 Å². The van der Waals surface area contributed by atoms with Crippen molar-refractivity contribution in [3.8, 4) is 11.5 Å². The number of piperidine rings is 1. The maximum atomic E-state index is 10.2. The minimum Gasteiger partial charge on any atom is -0.493 e. The minimum atomic E-state index is -0.486. The van der Waals surface area contributed by atoms with Crippen LogP contribution in [0.5, 0.6) is 11.5 Å². The molecule has 0 saturated carbocycles. The molecule has 0 bridgehead atoms. The molecule has 0 spiro atoms. The predicted octanol–water partition coefficient (Wildman–Crippen LogP) is 3.20. The largest absolute Gasteiger partial charge is 0.493 e. The molecule has 1 saturated heterocycles. The Labute approximate surface area is 139 Å². The summed E-state index contributed by atoms with van der Waals surface area (Å²) in [5.41, 5.74) is 1.07. The summed E-state index contributed by atoms with van der Waals surface area (Å²) in [6.45, 7) is 7.34. The van der Waals surface area contributed by atoms with E-state index in [1.165, 1.54) is 12.8 Å². The fraction of sp³-hybridized carbons (Fsp3) is 0.579. The van der Waals surface area contributed by atoms with E-state index >= 15 is 0 Å². The van der Waals surface area contributed by atoms with Crippen LogP contribution < -0.4 is 9.47 Å². The van der Waals surface area contributed by atoms with Gasteiger partial charge in [0.1, 0.15) is 12.7 Å². The summed E-state index contributed by atoms with van der Waals surface area (Å²) in [5.74, 6) is 2.09. The van der Waals surface area contributed by atoms with Crippen LogP contribution >= 0.6 is 0 Å². The number of ether oxygens (including phenoxy) is 2. The Kier molecular flexibility index (Phi) is 6.93. The first-order valence-electron chi connectivity index (χ1n) is 8.46. The third-order valence-electron chi connectivity index (χ3n) is 4.19. The zero-order chi connectivity index (χ0) is 16.7. The van der Waals surface area contributed by atoms with Gasteiger partial charge in [0, 0.05) is 13.1 Å². The van der Waals surface area contributed by atoms with Crippen LogP contribution in [0.4, 0.5) is 0 Å². The van der Waals surface area contributed by atoms with Gasteiger partial charge in [0.25, 0.3) is 0 Å². The van der Waals surface area contributed by atoms with Crippen molar-refractivity contribution >= 4 is 6.08 Å². The Morgan fingerprint density at radius 3 is 2.91 bits per heavy atom. The summed E-state index contributed by atoms with van der Waals surface area (Å²) < 4.78 is 11.1. The molecule has 1 aliphatic rings. The number of hydrogen-bond donors (Lipinski definition) is 1. The fourth-order valence-electron chi connectivity index (χ4n) is 3.09. The number of rotatable bonds is 7. The van der Waals surface area contributed by atoms with E-state index in [0.29, 0.717) is 18.0 Å². The van der Waals surface area contributed by atoms with Crippen LogP contribution in [0.1, 0.15) is 32.3 Å². The van der Waals surface area contributed by atoms with Crippen molar-refractivity contribution in [2.75, 3.05) is 33.4 Å². The average Bonchev–Trinajstić information content (AvgIpc) is 2.54. The van der Waals surface area contributed by atoms with E-state index in [9.17, 15) is 5.11 Å². The van der Waals surface area contributed by atoms with Crippen molar-refractivity contribution < 1.29 is 14.6 Å². The van der Waals surface area contributed by atoms with Gasteiger partial charge in [-0.2, -0.15) is 0 Å². The van der Waals surface area contributed by atoms with Crippen molar-refractivity contribution in [2.24, 2.45) is 5.92 Å². The van der Waals surface area contributed by atoms with Gasteiger partial charge >= 0.3 is 0 Å². The quantitative estimate of drug-likeness (QED) is 0.838. The molecule has 0 aromatic heterocycles. The minimum absolute atomic E-state index is 0.282. The molecular weight excluding hydrogens is 290 g/mol. The van der Waals surface area contributed by atoms with Crippen LogP contribution in [-0.2, 0) is 0 Å². The number of nitrogens with zero attached hydrogens (tertiary/aromatic N) is 1. The van der Waals surface area contributed by atoms with Gasteiger partial charge < -0.3 is 19.5 Å². The van der Waals surface area contributed by atoms with Crippen LogP contribution in [0.15, 0.2) is 24.3 Å². The first-order valence-corrected chi connectivity index (χ1v) is 8.46. The normalized spacial score (nSPS) is 20.6. The fourth-order valence-corrected chi connectivity index (χ4v) is 3.09. The van der Waals surface area contributed by atoms with Crippen molar-refractivity contribution in [1.82, 2.24) is 4.90 Å². The second kappa shape index (κ2) is 8.94. The topological polar surface area (TPSA) is 41.9 Å². The van der Waals surface area contributed by atoms with E-state index < -0.39 is 6.10 Å². The lowest BCUT2D eigenvalue weighted by Crippen LogP contribution is -2.41. The molecule has 128 valence electrons. The van der Waals surface area contributed by atoms with E-state index in [-0.39, 0.29) is 6.61 Å². The molecule has 0 aliphatic carbocycles. The first-order chi connectivity index (χ1) is 11.1. The SMILES string of the molecule is CC=Cc1ccc(OCC(O)CN2CCCC(C)C2)c(OC)c1. The lowest BCUT2D eigenvalue weighted by atomic mass is 10.0. The maximum absolute atomic E-state index is 10.2. The molecule has 2 atom stereocenters. The molecule has 0 amide bonds.